The van der Waals surface area contributed by atoms with E-state index in [4.69, 9.17) is 9.84 Å². The second kappa shape index (κ2) is 9.96. The van der Waals surface area contributed by atoms with Crippen molar-refractivity contribution in [2.45, 2.75) is 52.4 Å². The molecule has 1 aliphatic heterocycles. The lowest BCUT2D eigenvalue weighted by Crippen LogP contribution is -2.34. The van der Waals surface area contributed by atoms with Gasteiger partial charge in [0.05, 0.1) is 12.6 Å². The fraction of sp³-hybridized carbons (Fsp3) is 0.333. The van der Waals surface area contributed by atoms with Crippen molar-refractivity contribution in [3.05, 3.63) is 88.6 Å². The minimum atomic E-state index is -1.22. The summed E-state index contributed by atoms with van der Waals surface area (Å²) >= 11 is 0. The van der Waals surface area contributed by atoms with Gasteiger partial charge in [-0.25, -0.2) is 4.79 Å². The van der Waals surface area contributed by atoms with Gasteiger partial charge in [0.2, 0.25) is 0 Å². The van der Waals surface area contributed by atoms with Crippen molar-refractivity contribution in [1.29, 1.82) is 0 Å². The lowest BCUT2D eigenvalue weighted by molar-refractivity contribution is -0.162. The van der Waals surface area contributed by atoms with E-state index in [9.17, 15) is 9.59 Å². The van der Waals surface area contributed by atoms with E-state index in [1.165, 1.54) is 13.8 Å². The van der Waals surface area contributed by atoms with Crippen molar-refractivity contribution in [1.82, 2.24) is 4.90 Å². The lowest BCUT2D eigenvalue weighted by atomic mass is 9.98. The van der Waals surface area contributed by atoms with Crippen LogP contribution in [0.5, 0.6) is 0 Å². The summed E-state index contributed by atoms with van der Waals surface area (Å²) in [6, 6.07) is 13.6. The normalized spacial score (nSPS) is 16.1. The Bertz CT molecular complexity index is 1010. The van der Waals surface area contributed by atoms with Crippen molar-refractivity contribution >= 4 is 17.8 Å². The second-order valence-electron chi connectivity index (χ2n) is 8.82. The van der Waals surface area contributed by atoms with Crippen molar-refractivity contribution in [2.75, 3.05) is 6.54 Å². The summed E-state index contributed by atoms with van der Waals surface area (Å²) in [5, 5.41) is 9.13. The molecule has 0 saturated carbocycles. The molecule has 3 rings (SSSR count). The van der Waals surface area contributed by atoms with Gasteiger partial charge in [-0.2, -0.15) is 0 Å². The van der Waals surface area contributed by atoms with Gasteiger partial charge in [-0.05, 0) is 63.6 Å². The molecule has 0 aliphatic carbocycles. The molecule has 1 heterocycles. The zero-order valence-electron chi connectivity index (χ0n) is 19.2. The Balaban J connectivity index is 1.57. The van der Waals surface area contributed by atoms with Gasteiger partial charge in [0.15, 0.2) is 11.4 Å². The second-order valence-corrected chi connectivity index (χ2v) is 8.82. The standard InChI is InChI=1S/C27H31NO4/c1-19-15-20(2)17-23(16-19)25(29)24-8-6-14-28(24)13-5-7-21-9-11-22(12-10-21)18-32-27(3,4)26(30)31/h5-7,9-12,14-17,24H,8,13,18H2,1-4H3,(H,30,31)/b7-5+. The van der Waals surface area contributed by atoms with Crippen molar-refractivity contribution in [3.8, 4) is 0 Å². The molecule has 2 aromatic rings. The third kappa shape index (κ3) is 5.95. The monoisotopic (exact) mass is 433 g/mol. The van der Waals surface area contributed by atoms with E-state index in [1.54, 1.807) is 0 Å². The SMILES string of the molecule is Cc1cc(C)cc(C(=O)C2CC=CN2C/C=C/c2ccc(COC(C)(C)C(=O)O)cc2)c1. The first-order valence-corrected chi connectivity index (χ1v) is 10.8. The highest BCUT2D eigenvalue weighted by molar-refractivity contribution is 6.00. The highest BCUT2D eigenvalue weighted by Gasteiger charge is 2.28. The van der Waals surface area contributed by atoms with Crippen molar-refractivity contribution < 1.29 is 19.4 Å². The molecule has 5 heteroatoms. The molecule has 2 aromatic carbocycles. The van der Waals surface area contributed by atoms with E-state index in [-0.39, 0.29) is 18.4 Å². The highest BCUT2D eigenvalue weighted by Crippen LogP contribution is 2.21. The van der Waals surface area contributed by atoms with Crippen LogP contribution in [0.4, 0.5) is 0 Å². The average molecular weight is 434 g/mol. The fourth-order valence-electron chi connectivity index (χ4n) is 3.68. The Kier molecular flexibility index (Phi) is 7.31. The predicted octanol–water partition coefficient (Wildman–Crippen LogP) is 5.17. The first-order valence-electron chi connectivity index (χ1n) is 10.8. The number of nitrogens with zero attached hydrogens (tertiary/aromatic N) is 1. The molecule has 1 unspecified atom stereocenters. The Hall–Kier alpha value is -3.18. The number of hydrogen-bond donors (Lipinski definition) is 1. The van der Waals surface area contributed by atoms with E-state index < -0.39 is 11.6 Å². The summed E-state index contributed by atoms with van der Waals surface area (Å²) in [7, 11) is 0. The number of benzene rings is 2. The molecule has 5 nitrogen and oxygen atoms in total. The molecule has 0 fully saturated rings. The van der Waals surface area contributed by atoms with Crippen LogP contribution in [-0.2, 0) is 16.1 Å². The van der Waals surface area contributed by atoms with Crippen LogP contribution < -0.4 is 0 Å². The van der Waals surface area contributed by atoms with Crippen molar-refractivity contribution in [2.24, 2.45) is 0 Å². The molecule has 1 atom stereocenters. The number of aliphatic carboxylic acids is 1. The number of carboxylic acids is 1. The maximum absolute atomic E-state index is 13.1. The number of hydrogen-bond acceptors (Lipinski definition) is 4. The minimum Gasteiger partial charge on any atom is -0.479 e. The first kappa shape index (κ1) is 23.5. The van der Waals surface area contributed by atoms with Crippen LogP contribution in [-0.4, -0.2) is 39.9 Å². The van der Waals surface area contributed by atoms with E-state index in [0.29, 0.717) is 6.54 Å². The summed E-state index contributed by atoms with van der Waals surface area (Å²) in [6.45, 7) is 8.00. The Morgan fingerprint density at radius 1 is 1.12 bits per heavy atom. The van der Waals surface area contributed by atoms with Gasteiger partial charge >= 0.3 is 5.97 Å². The van der Waals surface area contributed by atoms with Crippen LogP contribution in [0.25, 0.3) is 6.08 Å². The van der Waals surface area contributed by atoms with E-state index in [0.717, 1.165) is 34.2 Å². The van der Waals surface area contributed by atoms with Gasteiger partial charge in [-0.3, -0.25) is 4.79 Å². The summed E-state index contributed by atoms with van der Waals surface area (Å²) in [4.78, 5) is 26.3. The quantitative estimate of drug-likeness (QED) is 0.553. The maximum Gasteiger partial charge on any atom is 0.335 e. The van der Waals surface area contributed by atoms with Gasteiger partial charge in [0.1, 0.15) is 0 Å². The van der Waals surface area contributed by atoms with Crippen LogP contribution in [0.15, 0.2) is 60.8 Å². The molecule has 0 radical (unpaired) electrons. The van der Waals surface area contributed by atoms with E-state index in [2.05, 4.69) is 17.0 Å². The molecule has 32 heavy (non-hydrogen) atoms. The zero-order chi connectivity index (χ0) is 23.3. The zero-order valence-corrected chi connectivity index (χ0v) is 19.2. The van der Waals surface area contributed by atoms with E-state index >= 15 is 0 Å². The van der Waals surface area contributed by atoms with Crippen LogP contribution >= 0.6 is 0 Å². The van der Waals surface area contributed by atoms with Gasteiger partial charge in [0, 0.05) is 12.1 Å². The number of ether oxygens (including phenoxy) is 1. The maximum atomic E-state index is 13.1. The average Bonchev–Trinajstić information content (AvgIpc) is 3.20. The molecule has 0 saturated heterocycles. The van der Waals surface area contributed by atoms with Crippen molar-refractivity contribution in [3.63, 3.8) is 0 Å². The largest absolute Gasteiger partial charge is 0.479 e. The number of rotatable bonds is 9. The van der Waals surface area contributed by atoms with Gasteiger partial charge in [-0.15, -0.1) is 0 Å². The van der Waals surface area contributed by atoms with Crippen LogP contribution in [0.1, 0.15) is 52.9 Å². The first-order chi connectivity index (χ1) is 15.2. The number of aryl methyl sites for hydroxylation is 2. The Morgan fingerprint density at radius 2 is 1.78 bits per heavy atom. The molecular weight excluding hydrogens is 402 g/mol. The summed E-state index contributed by atoms with van der Waals surface area (Å²) in [5.74, 6) is -0.828. The highest BCUT2D eigenvalue weighted by atomic mass is 16.5. The molecule has 0 amide bonds. The lowest BCUT2D eigenvalue weighted by Gasteiger charge is -2.23. The molecule has 0 bridgehead atoms. The number of ketones is 1. The third-order valence-electron chi connectivity index (χ3n) is 5.59. The summed E-state index contributed by atoms with van der Waals surface area (Å²) in [5.41, 5.74) is 3.71. The number of carbonyl (C=O) groups is 2. The minimum absolute atomic E-state index is 0.156. The van der Waals surface area contributed by atoms with E-state index in [1.807, 2.05) is 68.6 Å². The van der Waals surface area contributed by atoms with Crippen LogP contribution in [0, 0.1) is 13.8 Å². The topological polar surface area (TPSA) is 66.8 Å². The summed E-state index contributed by atoms with van der Waals surface area (Å²) < 4.78 is 5.49. The predicted molar refractivity (Wildman–Crippen MR) is 126 cm³/mol. The van der Waals surface area contributed by atoms with Gasteiger partial charge in [-0.1, -0.05) is 59.7 Å². The van der Waals surface area contributed by atoms with Gasteiger partial charge in [0.25, 0.3) is 0 Å². The molecule has 168 valence electrons. The number of carboxylic acid groups (broad SMARTS) is 1. The van der Waals surface area contributed by atoms with Gasteiger partial charge < -0.3 is 14.7 Å². The smallest absolute Gasteiger partial charge is 0.335 e. The summed E-state index contributed by atoms with van der Waals surface area (Å²) in [6.07, 6.45) is 8.85. The molecule has 1 aliphatic rings. The Labute approximate surface area is 190 Å². The molecular formula is C27H31NO4. The van der Waals surface area contributed by atoms with Crippen LogP contribution in [0.3, 0.4) is 0 Å². The number of carbonyl (C=O) groups excluding carboxylic acids is 1. The molecule has 0 spiro atoms. The number of Topliss-reactive ketones (excluding diaryl/α,β-unsaturated/α-hetero) is 1. The molecule has 0 aromatic heterocycles. The van der Waals surface area contributed by atoms with Crippen LogP contribution in [0.2, 0.25) is 0 Å². The third-order valence-corrected chi connectivity index (χ3v) is 5.59. The Morgan fingerprint density at radius 3 is 2.41 bits per heavy atom. The molecule has 1 N–H and O–H groups in total. The fourth-order valence-corrected chi connectivity index (χ4v) is 3.68.